The Labute approximate surface area is 149 Å². The zero-order valence-electron chi connectivity index (χ0n) is 15.3. The number of amides is 2. The van der Waals surface area contributed by atoms with Gasteiger partial charge in [0.1, 0.15) is 5.75 Å². The molecular weight excluding hydrogens is 318 g/mol. The van der Waals surface area contributed by atoms with E-state index in [9.17, 15) is 9.59 Å². The molecule has 3 rings (SSSR count). The number of hydrogen-bond donors (Lipinski definition) is 0. The highest BCUT2D eigenvalue weighted by atomic mass is 16.5. The number of carbonyl (C=O) groups excluding carboxylic acids is 2. The summed E-state index contributed by atoms with van der Waals surface area (Å²) in [5.41, 5.74) is 0.902. The van der Waals surface area contributed by atoms with Crippen LogP contribution in [0, 0.1) is 5.41 Å². The van der Waals surface area contributed by atoms with Gasteiger partial charge in [0.15, 0.2) is 6.61 Å². The lowest BCUT2D eigenvalue weighted by Gasteiger charge is -2.32. The minimum Gasteiger partial charge on any atom is -0.482 e. The molecule has 136 valence electrons. The quantitative estimate of drug-likeness (QED) is 0.813. The maximum Gasteiger partial charge on any atom is 0.265 e. The van der Waals surface area contributed by atoms with Gasteiger partial charge in [-0.05, 0) is 37.6 Å². The first kappa shape index (κ1) is 17.7. The van der Waals surface area contributed by atoms with E-state index in [1.54, 1.807) is 4.90 Å². The summed E-state index contributed by atoms with van der Waals surface area (Å²) in [6.45, 7) is 5.51. The van der Waals surface area contributed by atoms with Gasteiger partial charge in [-0.3, -0.25) is 9.59 Å². The number of hydrogen-bond acceptors (Lipinski definition) is 4. The highest BCUT2D eigenvalue weighted by Gasteiger charge is 2.34. The molecule has 1 atom stereocenters. The summed E-state index contributed by atoms with van der Waals surface area (Å²) >= 11 is 0. The van der Waals surface area contributed by atoms with Gasteiger partial charge in [-0.2, -0.15) is 0 Å². The van der Waals surface area contributed by atoms with E-state index in [-0.39, 0.29) is 23.8 Å². The summed E-state index contributed by atoms with van der Waals surface area (Å²) in [6, 6.07) is 7.46. The normalized spacial score (nSPS) is 23.3. The van der Waals surface area contributed by atoms with E-state index in [1.165, 1.54) is 0 Å². The maximum absolute atomic E-state index is 12.6. The molecule has 0 radical (unpaired) electrons. The lowest BCUT2D eigenvalue weighted by Crippen LogP contribution is -2.43. The van der Waals surface area contributed by atoms with Crippen LogP contribution >= 0.6 is 0 Å². The van der Waals surface area contributed by atoms with E-state index in [0.29, 0.717) is 18.7 Å². The molecule has 0 spiro atoms. The number of ether oxygens (including phenoxy) is 1. The van der Waals surface area contributed by atoms with Gasteiger partial charge in [-0.25, -0.2) is 0 Å². The van der Waals surface area contributed by atoms with E-state index in [1.807, 2.05) is 36.2 Å². The van der Waals surface area contributed by atoms with Crippen LogP contribution in [-0.2, 0) is 9.59 Å². The van der Waals surface area contributed by atoms with E-state index in [0.717, 1.165) is 31.7 Å². The van der Waals surface area contributed by atoms with E-state index >= 15 is 0 Å². The molecule has 1 aromatic carbocycles. The molecule has 0 bridgehead atoms. The zero-order valence-corrected chi connectivity index (χ0v) is 15.3. The third kappa shape index (κ3) is 3.95. The Morgan fingerprint density at radius 2 is 2.12 bits per heavy atom. The molecule has 0 N–H and O–H groups in total. The van der Waals surface area contributed by atoms with E-state index in [2.05, 4.69) is 18.9 Å². The van der Waals surface area contributed by atoms with Crippen molar-refractivity contribution in [3.8, 4) is 5.75 Å². The van der Waals surface area contributed by atoms with Gasteiger partial charge in [-0.15, -0.1) is 0 Å². The SMILES string of the molecule is CN1CC[C@](C)(CN(C)C(=O)CCN2C(=O)COc3ccccc32)C1. The average molecular weight is 345 g/mol. The summed E-state index contributed by atoms with van der Waals surface area (Å²) < 4.78 is 5.44. The summed E-state index contributed by atoms with van der Waals surface area (Å²) in [5.74, 6) is 0.676. The van der Waals surface area contributed by atoms with Crippen LogP contribution in [0.3, 0.4) is 0 Å². The minimum absolute atomic E-state index is 0.0332. The third-order valence-electron chi connectivity index (χ3n) is 5.15. The Balaban J connectivity index is 1.58. The molecule has 2 aliphatic rings. The third-order valence-corrected chi connectivity index (χ3v) is 5.15. The van der Waals surface area contributed by atoms with Crippen molar-refractivity contribution < 1.29 is 14.3 Å². The number of benzene rings is 1. The van der Waals surface area contributed by atoms with Gasteiger partial charge in [0, 0.05) is 33.1 Å². The second kappa shape index (κ2) is 7.04. The molecule has 2 heterocycles. The fraction of sp³-hybridized carbons (Fsp3) is 0.579. The molecule has 6 nitrogen and oxygen atoms in total. The number of fused-ring (bicyclic) bond motifs is 1. The van der Waals surface area contributed by atoms with Crippen molar-refractivity contribution in [2.24, 2.45) is 5.41 Å². The van der Waals surface area contributed by atoms with Gasteiger partial charge in [0.2, 0.25) is 5.91 Å². The lowest BCUT2D eigenvalue weighted by molar-refractivity contribution is -0.131. The van der Waals surface area contributed by atoms with Crippen LogP contribution in [0.1, 0.15) is 19.8 Å². The predicted octanol–water partition coefficient (Wildman–Crippen LogP) is 1.60. The van der Waals surface area contributed by atoms with Crippen LogP contribution in [0.2, 0.25) is 0 Å². The minimum atomic E-state index is -0.0986. The van der Waals surface area contributed by atoms with Crippen molar-refractivity contribution in [3.63, 3.8) is 0 Å². The number of rotatable bonds is 5. The average Bonchev–Trinajstić information content (AvgIpc) is 2.92. The monoisotopic (exact) mass is 345 g/mol. The fourth-order valence-corrected chi connectivity index (χ4v) is 3.86. The van der Waals surface area contributed by atoms with Crippen molar-refractivity contribution in [2.45, 2.75) is 19.8 Å². The Hall–Kier alpha value is -2.08. The van der Waals surface area contributed by atoms with Crippen molar-refractivity contribution in [3.05, 3.63) is 24.3 Å². The summed E-state index contributed by atoms with van der Waals surface area (Å²) in [6.07, 6.45) is 1.43. The second-order valence-electron chi connectivity index (χ2n) is 7.60. The molecule has 1 aromatic rings. The molecule has 0 unspecified atom stereocenters. The first-order valence-corrected chi connectivity index (χ1v) is 8.83. The Kier molecular flexibility index (Phi) is 4.99. The van der Waals surface area contributed by atoms with Crippen LogP contribution in [0.5, 0.6) is 5.75 Å². The molecule has 0 aliphatic carbocycles. The summed E-state index contributed by atoms with van der Waals surface area (Å²) in [7, 11) is 3.98. The van der Waals surface area contributed by atoms with E-state index in [4.69, 9.17) is 4.74 Å². The van der Waals surface area contributed by atoms with Gasteiger partial charge in [0.05, 0.1) is 5.69 Å². The topological polar surface area (TPSA) is 53.1 Å². The number of carbonyl (C=O) groups is 2. The van der Waals surface area contributed by atoms with Gasteiger partial charge >= 0.3 is 0 Å². The molecule has 1 fully saturated rings. The van der Waals surface area contributed by atoms with Gasteiger partial charge < -0.3 is 19.4 Å². The molecular formula is C19H27N3O3. The lowest BCUT2D eigenvalue weighted by atomic mass is 9.89. The van der Waals surface area contributed by atoms with Crippen LogP contribution in [0.4, 0.5) is 5.69 Å². The molecule has 6 heteroatoms. The first-order chi connectivity index (χ1) is 11.9. The number of anilines is 1. The second-order valence-corrected chi connectivity index (χ2v) is 7.60. The van der Waals surface area contributed by atoms with Crippen molar-refractivity contribution in [1.29, 1.82) is 0 Å². The Morgan fingerprint density at radius 3 is 2.84 bits per heavy atom. The first-order valence-electron chi connectivity index (χ1n) is 8.83. The van der Waals surface area contributed by atoms with Crippen LogP contribution in [0.25, 0.3) is 0 Å². The zero-order chi connectivity index (χ0) is 18.0. The molecule has 0 aromatic heterocycles. The summed E-state index contributed by atoms with van der Waals surface area (Å²) in [5, 5.41) is 0. The van der Waals surface area contributed by atoms with Gasteiger partial charge in [-0.1, -0.05) is 19.1 Å². The molecule has 1 saturated heterocycles. The molecule has 25 heavy (non-hydrogen) atoms. The Bertz CT molecular complexity index is 663. The number of para-hydroxylation sites is 2. The summed E-state index contributed by atoms with van der Waals surface area (Å²) in [4.78, 5) is 30.5. The van der Waals surface area contributed by atoms with Crippen LogP contribution < -0.4 is 9.64 Å². The number of nitrogens with zero attached hydrogens (tertiary/aromatic N) is 3. The predicted molar refractivity (Wildman–Crippen MR) is 96.8 cm³/mol. The van der Waals surface area contributed by atoms with E-state index < -0.39 is 0 Å². The molecule has 2 aliphatic heterocycles. The van der Waals surface area contributed by atoms with Crippen molar-refractivity contribution >= 4 is 17.5 Å². The number of likely N-dealkylation sites (tertiary alicyclic amines) is 1. The Morgan fingerprint density at radius 1 is 1.36 bits per heavy atom. The van der Waals surface area contributed by atoms with Crippen LogP contribution in [-0.4, -0.2) is 68.5 Å². The highest BCUT2D eigenvalue weighted by Crippen LogP contribution is 2.32. The molecule has 0 saturated carbocycles. The highest BCUT2D eigenvalue weighted by molar-refractivity contribution is 5.98. The standard InChI is InChI=1S/C19H27N3O3/c1-19(9-11-20(2)13-19)14-21(3)17(23)8-10-22-15-6-4-5-7-16(15)25-12-18(22)24/h4-7H,8-14H2,1-3H3/t19-/m0/s1. The maximum atomic E-state index is 12.6. The van der Waals surface area contributed by atoms with Crippen molar-refractivity contribution in [2.75, 3.05) is 51.8 Å². The molecule has 2 amide bonds. The smallest absolute Gasteiger partial charge is 0.265 e. The van der Waals surface area contributed by atoms with Gasteiger partial charge in [0.25, 0.3) is 5.91 Å². The van der Waals surface area contributed by atoms with Crippen molar-refractivity contribution in [1.82, 2.24) is 9.80 Å². The van der Waals surface area contributed by atoms with Crippen LogP contribution in [0.15, 0.2) is 24.3 Å². The largest absolute Gasteiger partial charge is 0.482 e. The fourth-order valence-electron chi connectivity index (χ4n) is 3.86.